The molecule has 6 aliphatic rings. The number of rotatable bonds is 7. The maximum atomic E-state index is 14.4. The van der Waals surface area contributed by atoms with E-state index in [0.717, 1.165) is 31.2 Å². The minimum atomic E-state index is -0.952. The molecule has 1 N–H and O–H groups in total. The first kappa shape index (κ1) is 29.4. The summed E-state index contributed by atoms with van der Waals surface area (Å²) in [5.74, 6) is 0.0879. The van der Waals surface area contributed by atoms with Crippen molar-refractivity contribution in [3.8, 4) is 5.75 Å². The lowest BCUT2D eigenvalue weighted by atomic mass is 9.43. The van der Waals surface area contributed by atoms with Gasteiger partial charge in [0.2, 0.25) is 5.91 Å². The summed E-state index contributed by atoms with van der Waals surface area (Å²) in [5, 5.41) is 3.55. The van der Waals surface area contributed by atoms with E-state index in [-0.39, 0.29) is 48.1 Å². The van der Waals surface area contributed by atoms with Crippen LogP contribution in [0.15, 0.2) is 54.7 Å². The zero-order valence-corrected chi connectivity index (χ0v) is 26.4. The van der Waals surface area contributed by atoms with Gasteiger partial charge in [-0.15, -0.1) is 0 Å². The Morgan fingerprint density at radius 2 is 1.96 bits per heavy atom. The average molecular weight is 624 g/mol. The first-order chi connectivity index (χ1) is 22.1. The highest BCUT2D eigenvalue weighted by molar-refractivity contribution is 6.48. The molecule has 238 valence electrons. The van der Waals surface area contributed by atoms with Crippen LogP contribution in [-0.2, 0) is 30.2 Å². The van der Waals surface area contributed by atoms with Crippen molar-refractivity contribution < 1.29 is 33.2 Å². The molecule has 10 nitrogen and oxygen atoms in total. The number of carbonyl (C=O) groups is 3. The molecule has 6 atom stereocenters. The van der Waals surface area contributed by atoms with E-state index in [2.05, 4.69) is 31.1 Å². The van der Waals surface area contributed by atoms with Crippen LogP contribution in [0.1, 0.15) is 74.0 Å². The van der Waals surface area contributed by atoms with Crippen molar-refractivity contribution in [3.05, 3.63) is 71.4 Å². The predicted molar refractivity (Wildman–Crippen MR) is 169 cm³/mol. The van der Waals surface area contributed by atoms with E-state index in [1.165, 1.54) is 0 Å². The van der Waals surface area contributed by atoms with E-state index in [1.54, 1.807) is 24.4 Å². The molecule has 3 aliphatic carbocycles. The Kier molecular flexibility index (Phi) is 6.92. The quantitative estimate of drug-likeness (QED) is 0.304. The minimum Gasteiger partial charge on any atom is -0.482 e. The highest BCUT2D eigenvalue weighted by Crippen LogP contribution is 2.66. The number of esters is 1. The molecule has 2 bridgehead atoms. The van der Waals surface area contributed by atoms with E-state index in [0.29, 0.717) is 46.2 Å². The number of aromatic nitrogens is 1. The lowest BCUT2D eigenvalue weighted by molar-refractivity contribution is -0.199. The van der Waals surface area contributed by atoms with Crippen LogP contribution in [0, 0.1) is 17.3 Å². The Morgan fingerprint density at radius 3 is 2.76 bits per heavy atom. The molecule has 0 radical (unpaired) electrons. The van der Waals surface area contributed by atoms with Crippen molar-refractivity contribution in [2.45, 2.75) is 76.7 Å². The van der Waals surface area contributed by atoms with Gasteiger partial charge >= 0.3 is 13.1 Å². The summed E-state index contributed by atoms with van der Waals surface area (Å²) in [6.45, 7) is 7.23. The monoisotopic (exact) mass is 623 g/mol. The van der Waals surface area contributed by atoms with Crippen LogP contribution in [-0.4, -0.2) is 65.6 Å². The largest absolute Gasteiger partial charge is 0.482 e. The van der Waals surface area contributed by atoms with Gasteiger partial charge < -0.3 is 29.0 Å². The Balaban J connectivity index is 1.03. The number of ether oxygens (including phenoxy) is 2. The van der Waals surface area contributed by atoms with Crippen molar-refractivity contribution in [2.75, 3.05) is 13.2 Å². The van der Waals surface area contributed by atoms with Crippen molar-refractivity contribution in [2.24, 2.45) is 17.3 Å². The first-order valence-corrected chi connectivity index (χ1v) is 16.3. The molecular formula is C35H38BN3O7. The van der Waals surface area contributed by atoms with E-state index < -0.39 is 19.1 Å². The Bertz CT molecular complexity index is 1730. The van der Waals surface area contributed by atoms with Gasteiger partial charge in [0.1, 0.15) is 18.4 Å². The average Bonchev–Trinajstić information content (AvgIpc) is 3.68. The van der Waals surface area contributed by atoms with Crippen LogP contribution in [0.2, 0.25) is 0 Å². The highest BCUT2D eigenvalue weighted by Gasteiger charge is 2.69. The Labute approximate surface area is 268 Å². The number of benzene rings is 2. The van der Waals surface area contributed by atoms with Gasteiger partial charge in [0, 0.05) is 24.2 Å². The lowest BCUT2D eigenvalue weighted by Gasteiger charge is -2.64. The molecule has 1 aromatic heterocycles. The zero-order chi connectivity index (χ0) is 31.8. The van der Waals surface area contributed by atoms with Crippen LogP contribution >= 0.6 is 0 Å². The third kappa shape index (κ3) is 4.61. The van der Waals surface area contributed by atoms with Gasteiger partial charge in [0.05, 0.1) is 28.7 Å². The van der Waals surface area contributed by atoms with Gasteiger partial charge in [-0.2, -0.15) is 0 Å². The molecule has 3 aromatic rings. The predicted octanol–water partition coefficient (Wildman–Crippen LogP) is 4.40. The molecule has 9 rings (SSSR count). The van der Waals surface area contributed by atoms with E-state index in [4.69, 9.17) is 18.8 Å². The van der Waals surface area contributed by atoms with Gasteiger partial charge in [-0.25, -0.2) is 4.79 Å². The molecule has 2 saturated heterocycles. The summed E-state index contributed by atoms with van der Waals surface area (Å²) in [7, 11) is -0.513. The molecule has 2 amide bonds. The second kappa shape index (κ2) is 10.8. The number of carbonyl (C=O) groups excluding carboxylic acids is 3. The van der Waals surface area contributed by atoms with Gasteiger partial charge in [-0.1, -0.05) is 44.2 Å². The number of hydrogen-bond donors (Lipinski definition) is 1. The summed E-state index contributed by atoms with van der Waals surface area (Å²) >= 11 is 0. The van der Waals surface area contributed by atoms with Gasteiger partial charge in [-0.05, 0) is 73.1 Å². The van der Waals surface area contributed by atoms with Crippen LogP contribution in [0.3, 0.4) is 0 Å². The number of hydrogen-bond acceptors (Lipinski definition) is 8. The minimum absolute atomic E-state index is 0.0204. The van der Waals surface area contributed by atoms with E-state index in [9.17, 15) is 14.4 Å². The van der Waals surface area contributed by atoms with Gasteiger partial charge in [0.15, 0.2) is 6.61 Å². The molecular weight excluding hydrogens is 585 g/mol. The molecule has 3 aliphatic heterocycles. The number of likely N-dealkylation sites (tertiary alicyclic amines) is 1. The van der Waals surface area contributed by atoms with Crippen molar-refractivity contribution in [1.82, 2.24) is 15.2 Å². The topological polar surface area (TPSA) is 116 Å². The summed E-state index contributed by atoms with van der Waals surface area (Å²) in [4.78, 5) is 46.5. The Hall–Kier alpha value is -3.96. The molecule has 2 unspecified atom stereocenters. The molecule has 3 saturated carbocycles. The molecule has 5 fully saturated rings. The van der Waals surface area contributed by atoms with Crippen LogP contribution < -0.4 is 10.1 Å². The first-order valence-electron chi connectivity index (χ1n) is 16.3. The zero-order valence-electron chi connectivity index (χ0n) is 26.4. The number of nitrogens with one attached hydrogen (secondary N) is 1. The van der Waals surface area contributed by atoms with Crippen molar-refractivity contribution in [1.29, 1.82) is 0 Å². The third-order valence-corrected chi connectivity index (χ3v) is 11.4. The van der Waals surface area contributed by atoms with E-state index >= 15 is 0 Å². The molecule has 0 spiro atoms. The maximum Gasteiger partial charge on any atom is 0.481 e. The number of pyridine rings is 1. The SMILES string of the molecule is CC1(C)[C@H]2CC3OB(C4CCCN4C(=O)[C@H]4NC(=O)c5ccnc6cc(OCC(=O)OCc7ccccc7)cc4c56)O[C@@]3(C)[C@@H]1C2. The summed E-state index contributed by atoms with van der Waals surface area (Å²) < 4.78 is 24.6. The van der Waals surface area contributed by atoms with Crippen LogP contribution in [0.5, 0.6) is 5.75 Å². The summed E-state index contributed by atoms with van der Waals surface area (Å²) in [6, 6.07) is 13.5. The lowest BCUT2D eigenvalue weighted by Crippen LogP contribution is -2.65. The number of nitrogens with zero attached hydrogens (tertiary/aromatic N) is 2. The summed E-state index contributed by atoms with van der Waals surface area (Å²) in [5.41, 5.74) is 2.26. The van der Waals surface area contributed by atoms with Crippen molar-refractivity contribution in [3.63, 3.8) is 0 Å². The third-order valence-electron chi connectivity index (χ3n) is 11.4. The standard InChI is InChI=1S/C35H38BN3O7/c1-34(2)21-14-26(34)35(3)27(15-21)45-36(46-35)28-10-7-13-39(28)33(42)31-24-16-22(17-25-30(24)23(11-12-37-25)32(41)38-31)43-19-29(40)44-18-20-8-5-4-6-9-20/h4-6,8-9,11-12,16-17,21,26-28,31H,7,10,13-15,18-19H2,1-3H3,(H,38,41)/t21-,26-,27?,28?,31+,35+/m1/s1. The second-order valence-electron chi connectivity index (χ2n) is 14.2. The highest BCUT2D eigenvalue weighted by atomic mass is 16.7. The van der Waals surface area contributed by atoms with Crippen LogP contribution in [0.4, 0.5) is 0 Å². The smallest absolute Gasteiger partial charge is 0.481 e. The molecule has 46 heavy (non-hydrogen) atoms. The van der Waals surface area contributed by atoms with Gasteiger partial charge in [-0.3, -0.25) is 14.6 Å². The molecule has 4 heterocycles. The fourth-order valence-corrected chi connectivity index (χ4v) is 8.77. The van der Waals surface area contributed by atoms with Crippen LogP contribution in [0.25, 0.3) is 10.9 Å². The maximum absolute atomic E-state index is 14.4. The van der Waals surface area contributed by atoms with E-state index in [1.807, 2.05) is 35.2 Å². The fourth-order valence-electron chi connectivity index (χ4n) is 8.77. The van der Waals surface area contributed by atoms with Gasteiger partial charge in [0.25, 0.3) is 5.91 Å². The molecule has 11 heteroatoms. The second-order valence-corrected chi connectivity index (χ2v) is 14.2. The van der Waals surface area contributed by atoms with Crippen molar-refractivity contribution >= 4 is 35.8 Å². The number of amides is 2. The normalized spacial score (nSPS) is 30.4. The summed E-state index contributed by atoms with van der Waals surface area (Å²) in [6.07, 6.45) is 5.29. The Morgan fingerprint density at radius 1 is 1.13 bits per heavy atom. The fraction of sp³-hybridized carbons (Fsp3) is 0.486. The molecule has 2 aromatic carbocycles.